The van der Waals surface area contributed by atoms with Crippen molar-refractivity contribution in [1.29, 1.82) is 0 Å². The molecule has 7 rings (SSSR count). The maximum absolute atomic E-state index is 4.77. The predicted octanol–water partition coefficient (Wildman–Crippen LogP) is 5.59. The predicted molar refractivity (Wildman–Crippen MR) is 128 cm³/mol. The van der Waals surface area contributed by atoms with Crippen molar-refractivity contribution in [3.05, 3.63) is 79.1 Å². The van der Waals surface area contributed by atoms with Gasteiger partial charge in [0.1, 0.15) is 5.82 Å². The van der Waals surface area contributed by atoms with Gasteiger partial charge in [0.05, 0.1) is 5.52 Å². The molecule has 31 heavy (non-hydrogen) atoms. The third-order valence-electron chi connectivity index (χ3n) is 7.31. The summed E-state index contributed by atoms with van der Waals surface area (Å²) in [6.07, 6.45) is 6.76. The van der Waals surface area contributed by atoms with Crippen molar-refractivity contribution < 1.29 is 0 Å². The first-order valence-corrected chi connectivity index (χ1v) is 11.4. The molecule has 2 aromatic carbocycles. The summed E-state index contributed by atoms with van der Waals surface area (Å²) in [4.78, 5) is 7.38. The van der Waals surface area contributed by atoms with Crippen LogP contribution in [0.1, 0.15) is 19.8 Å². The van der Waals surface area contributed by atoms with Crippen molar-refractivity contribution in [1.82, 2.24) is 14.5 Å². The van der Waals surface area contributed by atoms with E-state index < -0.39 is 0 Å². The van der Waals surface area contributed by atoms with Crippen molar-refractivity contribution in [2.75, 3.05) is 18.4 Å². The van der Waals surface area contributed by atoms with Crippen LogP contribution in [-0.4, -0.2) is 39.6 Å². The van der Waals surface area contributed by atoms with Gasteiger partial charge in [-0.2, -0.15) is 0 Å². The van der Waals surface area contributed by atoms with Gasteiger partial charge < -0.3 is 9.88 Å². The second-order valence-electron chi connectivity index (χ2n) is 9.01. The number of piperidine rings is 3. The number of hydrogen-bond donors (Lipinski definition) is 1. The lowest BCUT2D eigenvalue weighted by molar-refractivity contribution is 0.0457. The number of anilines is 1. The monoisotopic (exact) mass is 408 g/mol. The molecule has 0 amide bonds. The third-order valence-corrected chi connectivity index (χ3v) is 7.31. The number of pyridine rings is 1. The molecule has 2 aromatic heterocycles. The molecule has 0 saturated carbocycles. The topological polar surface area (TPSA) is 33.1 Å². The van der Waals surface area contributed by atoms with E-state index in [1.807, 2.05) is 6.20 Å². The third kappa shape index (κ3) is 3.31. The minimum atomic E-state index is 0.509. The molecular formula is C27H28N4. The first kappa shape index (κ1) is 18.6. The zero-order chi connectivity index (χ0) is 20.8. The van der Waals surface area contributed by atoms with E-state index in [-0.39, 0.29) is 0 Å². The number of nitrogens with one attached hydrogen (secondary N) is 1. The number of nitrogens with zero attached hydrogens (tertiary/aromatic N) is 3. The van der Waals surface area contributed by atoms with E-state index in [0.29, 0.717) is 12.1 Å². The summed E-state index contributed by atoms with van der Waals surface area (Å²) in [5.41, 5.74) is 4.76. The van der Waals surface area contributed by atoms with Crippen LogP contribution in [0.2, 0.25) is 0 Å². The number of fused-ring (bicyclic) bond motifs is 4. The van der Waals surface area contributed by atoms with Gasteiger partial charge in [-0.1, -0.05) is 24.3 Å². The Balaban J connectivity index is 1.23. The molecule has 0 aliphatic carbocycles. The minimum absolute atomic E-state index is 0.509. The lowest BCUT2D eigenvalue weighted by atomic mass is 9.79. The van der Waals surface area contributed by atoms with E-state index >= 15 is 0 Å². The van der Waals surface area contributed by atoms with E-state index in [9.17, 15) is 0 Å². The number of benzene rings is 2. The minimum Gasteiger partial charge on any atom is -0.365 e. The average molecular weight is 409 g/mol. The molecule has 2 bridgehead atoms. The molecular weight excluding hydrogens is 380 g/mol. The summed E-state index contributed by atoms with van der Waals surface area (Å²) in [6.45, 7) is 4.86. The first-order chi connectivity index (χ1) is 15.3. The van der Waals surface area contributed by atoms with Crippen LogP contribution in [0, 0.1) is 5.92 Å². The fourth-order valence-corrected chi connectivity index (χ4v) is 5.50. The van der Waals surface area contributed by atoms with Crippen LogP contribution in [0.25, 0.3) is 27.7 Å². The Labute approximate surface area is 183 Å². The van der Waals surface area contributed by atoms with Crippen molar-refractivity contribution in [3.8, 4) is 16.8 Å². The number of rotatable bonds is 4. The molecule has 156 valence electrons. The van der Waals surface area contributed by atoms with E-state index in [1.165, 1.54) is 48.1 Å². The summed E-state index contributed by atoms with van der Waals surface area (Å²) < 4.78 is 2.24. The molecule has 3 aliphatic rings. The number of hydrogen-bond acceptors (Lipinski definition) is 3. The fourth-order valence-electron chi connectivity index (χ4n) is 5.50. The molecule has 0 radical (unpaired) electrons. The zero-order valence-corrected chi connectivity index (χ0v) is 17.9. The highest BCUT2D eigenvalue weighted by Gasteiger charge is 2.39. The van der Waals surface area contributed by atoms with Gasteiger partial charge in [0, 0.05) is 41.1 Å². The average Bonchev–Trinajstić information content (AvgIpc) is 3.26. The Morgan fingerprint density at radius 1 is 0.903 bits per heavy atom. The SMILES string of the molecule is C[C@@H]1[C@@H](Nc2ccc(-c3ccc4c(ccn4-c4ccccc4)c3)cn2)C2CCN1CC2. The lowest BCUT2D eigenvalue weighted by Crippen LogP contribution is -2.59. The molecule has 5 heterocycles. The smallest absolute Gasteiger partial charge is 0.126 e. The van der Waals surface area contributed by atoms with Crippen LogP contribution in [0.5, 0.6) is 0 Å². The van der Waals surface area contributed by atoms with Crippen molar-refractivity contribution in [3.63, 3.8) is 0 Å². The summed E-state index contributed by atoms with van der Waals surface area (Å²) in [5.74, 6) is 1.77. The van der Waals surface area contributed by atoms with Crippen LogP contribution in [0.4, 0.5) is 5.82 Å². The summed E-state index contributed by atoms with van der Waals surface area (Å²) in [5, 5.41) is 4.98. The molecule has 0 unspecified atom stereocenters. The van der Waals surface area contributed by atoms with Gasteiger partial charge in [0.15, 0.2) is 0 Å². The molecule has 2 atom stereocenters. The normalized spacial score (nSPS) is 25.1. The largest absolute Gasteiger partial charge is 0.365 e. The summed E-state index contributed by atoms with van der Waals surface area (Å²) in [6, 6.07) is 24.8. The second-order valence-corrected chi connectivity index (χ2v) is 9.01. The van der Waals surface area contributed by atoms with Crippen molar-refractivity contribution >= 4 is 16.7 Å². The highest BCUT2D eigenvalue weighted by atomic mass is 15.2. The highest BCUT2D eigenvalue weighted by molar-refractivity contribution is 5.87. The first-order valence-electron chi connectivity index (χ1n) is 11.4. The highest BCUT2D eigenvalue weighted by Crippen LogP contribution is 2.34. The van der Waals surface area contributed by atoms with Crippen LogP contribution < -0.4 is 5.32 Å². The van der Waals surface area contributed by atoms with Crippen molar-refractivity contribution in [2.24, 2.45) is 5.92 Å². The maximum Gasteiger partial charge on any atom is 0.126 e. The fraction of sp³-hybridized carbons (Fsp3) is 0.296. The quantitative estimate of drug-likeness (QED) is 0.478. The van der Waals surface area contributed by atoms with E-state index in [4.69, 9.17) is 4.98 Å². The molecule has 3 fully saturated rings. The molecule has 4 nitrogen and oxygen atoms in total. The molecule has 0 spiro atoms. The number of aromatic nitrogens is 2. The van der Waals surface area contributed by atoms with Gasteiger partial charge in [-0.3, -0.25) is 4.90 Å². The van der Waals surface area contributed by atoms with Crippen LogP contribution >= 0.6 is 0 Å². The van der Waals surface area contributed by atoms with Gasteiger partial charge >= 0.3 is 0 Å². The summed E-state index contributed by atoms with van der Waals surface area (Å²) in [7, 11) is 0. The van der Waals surface area contributed by atoms with Gasteiger partial charge in [-0.05, 0) is 86.8 Å². The van der Waals surface area contributed by atoms with Gasteiger partial charge in [0.2, 0.25) is 0 Å². The van der Waals surface area contributed by atoms with Crippen LogP contribution in [0.15, 0.2) is 79.1 Å². The summed E-state index contributed by atoms with van der Waals surface area (Å²) >= 11 is 0. The zero-order valence-electron chi connectivity index (χ0n) is 17.9. The second kappa shape index (κ2) is 7.54. The standard InChI is InChI=1S/C27H28N4/c1-19-27(20-11-14-30(19)15-12-20)29-26-10-8-23(18-28-26)21-7-9-25-22(17-21)13-16-31(25)24-5-3-2-4-6-24/h2-10,13,16-20,27H,11-12,14-15H2,1H3,(H,28,29)/t19-,27-/m1/s1. The van der Waals surface area contributed by atoms with Gasteiger partial charge in [-0.15, -0.1) is 0 Å². The Kier molecular flexibility index (Phi) is 4.53. The molecule has 1 N–H and O–H groups in total. The van der Waals surface area contributed by atoms with Gasteiger partial charge in [-0.25, -0.2) is 4.98 Å². The van der Waals surface area contributed by atoms with E-state index in [1.54, 1.807) is 0 Å². The maximum atomic E-state index is 4.77. The van der Waals surface area contributed by atoms with Crippen LogP contribution in [0.3, 0.4) is 0 Å². The molecule has 3 aliphatic heterocycles. The van der Waals surface area contributed by atoms with Crippen LogP contribution in [-0.2, 0) is 0 Å². The Morgan fingerprint density at radius 3 is 2.45 bits per heavy atom. The van der Waals surface area contributed by atoms with Gasteiger partial charge in [0.25, 0.3) is 0 Å². The van der Waals surface area contributed by atoms with Crippen molar-refractivity contribution in [2.45, 2.75) is 31.8 Å². The Morgan fingerprint density at radius 2 is 1.71 bits per heavy atom. The Bertz CT molecular complexity index is 1190. The molecule has 3 saturated heterocycles. The molecule has 4 heteroatoms. The lowest BCUT2D eigenvalue weighted by Gasteiger charge is -2.50. The molecule has 4 aromatic rings. The van der Waals surface area contributed by atoms with E-state index in [0.717, 1.165) is 17.3 Å². The number of para-hydroxylation sites is 1. The Hall–Kier alpha value is -3.11. The van der Waals surface area contributed by atoms with E-state index in [2.05, 4.69) is 94.6 Å².